The Labute approximate surface area is 183 Å². The van der Waals surface area contributed by atoms with Gasteiger partial charge in [-0.25, -0.2) is 9.37 Å². The topological polar surface area (TPSA) is 60.9 Å². The van der Waals surface area contributed by atoms with E-state index in [1.165, 1.54) is 29.5 Å². The van der Waals surface area contributed by atoms with Crippen LogP contribution < -0.4 is 19.1 Å². The number of carbonyl (C=O) groups is 1. The Morgan fingerprint density at radius 2 is 2.03 bits per heavy atom. The van der Waals surface area contributed by atoms with Crippen molar-refractivity contribution < 1.29 is 23.4 Å². The standard InChI is InChI=1S/C23H21FN2O4S/c1-15-25-18(14-31-15)13-26(19-6-4-17(24)5-7-19)22(27)8-3-16-11-20(28-2)23-21(12-16)29-9-10-30-23/h3-8,11-12,14H,9-10,13H2,1-2H3/b8-3+. The van der Waals surface area contributed by atoms with Crippen molar-refractivity contribution in [1.82, 2.24) is 4.98 Å². The van der Waals surface area contributed by atoms with Crippen molar-refractivity contribution in [1.29, 1.82) is 0 Å². The van der Waals surface area contributed by atoms with Crippen LogP contribution in [-0.2, 0) is 11.3 Å². The molecule has 2 heterocycles. The maximum absolute atomic E-state index is 13.4. The summed E-state index contributed by atoms with van der Waals surface area (Å²) in [6.45, 7) is 3.10. The number of hydrogen-bond acceptors (Lipinski definition) is 6. The van der Waals surface area contributed by atoms with Gasteiger partial charge in [0.2, 0.25) is 5.75 Å². The highest BCUT2D eigenvalue weighted by Crippen LogP contribution is 2.40. The van der Waals surface area contributed by atoms with Crippen LogP contribution >= 0.6 is 11.3 Å². The molecule has 0 saturated heterocycles. The Bertz CT molecular complexity index is 1090. The molecule has 0 radical (unpaired) electrons. The summed E-state index contributed by atoms with van der Waals surface area (Å²) in [6.07, 6.45) is 3.15. The van der Waals surface area contributed by atoms with Crippen LogP contribution in [-0.4, -0.2) is 31.2 Å². The number of carbonyl (C=O) groups excluding carboxylic acids is 1. The maximum atomic E-state index is 13.4. The van der Waals surface area contributed by atoms with E-state index in [1.54, 1.807) is 42.4 Å². The van der Waals surface area contributed by atoms with Gasteiger partial charge in [-0.2, -0.15) is 0 Å². The van der Waals surface area contributed by atoms with E-state index in [9.17, 15) is 9.18 Å². The van der Waals surface area contributed by atoms with E-state index in [4.69, 9.17) is 14.2 Å². The summed E-state index contributed by atoms with van der Waals surface area (Å²) in [6, 6.07) is 9.39. The molecule has 1 aromatic heterocycles. The van der Waals surface area contributed by atoms with Crippen LogP contribution in [0.3, 0.4) is 0 Å². The Kier molecular flexibility index (Phi) is 6.18. The van der Waals surface area contributed by atoms with Gasteiger partial charge in [0.15, 0.2) is 11.5 Å². The van der Waals surface area contributed by atoms with Crippen molar-refractivity contribution >= 4 is 29.0 Å². The van der Waals surface area contributed by atoms with E-state index in [0.717, 1.165) is 16.3 Å². The van der Waals surface area contributed by atoms with Crippen LogP contribution in [0.25, 0.3) is 6.08 Å². The molecule has 31 heavy (non-hydrogen) atoms. The fourth-order valence-electron chi connectivity index (χ4n) is 3.21. The molecule has 0 aliphatic carbocycles. The minimum absolute atomic E-state index is 0.258. The minimum atomic E-state index is -0.362. The number of aromatic nitrogens is 1. The summed E-state index contributed by atoms with van der Waals surface area (Å²) in [4.78, 5) is 19.1. The first kappa shape index (κ1) is 20.9. The molecule has 2 aromatic carbocycles. The van der Waals surface area contributed by atoms with Crippen LogP contribution in [0.1, 0.15) is 16.3 Å². The SMILES string of the molecule is COc1cc(/C=C/C(=O)N(Cc2csc(C)n2)c2ccc(F)cc2)cc2c1OCCO2. The van der Waals surface area contributed by atoms with Gasteiger partial charge < -0.3 is 19.1 Å². The number of fused-ring (bicyclic) bond motifs is 1. The van der Waals surface area contributed by atoms with E-state index in [1.807, 2.05) is 12.3 Å². The second kappa shape index (κ2) is 9.18. The molecule has 4 rings (SSSR count). The van der Waals surface area contributed by atoms with Gasteiger partial charge in [-0.3, -0.25) is 4.79 Å². The lowest BCUT2D eigenvalue weighted by molar-refractivity contribution is -0.114. The molecule has 1 amide bonds. The first-order valence-corrected chi connectivity index (χ1v) is 10.6. The van der Waals surface area contributed by atoms with Crippen molar-refractivity contribution in [3.05, 3.63) is 69.9 Å². The molecule has 0 saturated carbocycles. The van der Waals surface area contributed by atoms with Gasteiger partial charge in [0.25, 0.3) is 5.91 Å². The molecule has 1 aliphatic heterocycles. The first-order valence-electron chi connectivity index (χ1n) is 9.67. The summed E-state index contributed by atoms with van der Waals surface area (Å²) < 4.78 is 30.1. The summed E-state index contributed by atoms with van der Waals surface area (Å²) in [5.41, 5.74) is 2.09. The number of methoxy groups -OCH3 is 1. The lowest BCUT2D eigenvalue weighted by atomic mass is 10.1. The van der Waals surface area contributed by atoms with E-state index < -0.39 is 0 Å². The lowest BCUT2D eigenvalue weighted by Crippen LogP contribution is -2.28. The number of hydrogen-bond donors (Lipinski definition) is 0. The fraction of sp³-hybridized carbons (Fsp3) is 0.217. The Morgan fingerprint density at radius 3 is 2.74 bits per heavy atom. The number of nitrogens with zero attached hydrogens (tertiary/aromatic N) is 2. The normalized spacial score (nSPS) is 12.7. The first-order chi connectivity index (χ1) is 15.0. The second-order valence-electron chi connectivity index (χ2n) is 6.84. The van der Waals surface area contributed by atoms with E-state index in [-0.39, 0.29) is 18.3 Å². The molecule has 0 fully saturated rings. The number of halogens is 1. The zero-order valence-electron chi connectivity index (χ0n) is 17.1. The molecule has 0 atom stereocenters. The van der Waals surface area contributed by atoms with Gasteiger partial charge in [-0.1, -0.05) is 0 Å². The summed E-state index contributed by atoms with van der Waals surface area (Å²) in [5.74, 6) is 1.05. The molecule has 8 heteroatoms. The fourth-order valence-corrected chi connectivity index (χ4v) is 3.81. The van der Waals surface area contributed by atoms with Crippen molar-refractivity contribution in [3.63, 3.8) is 0 Å². The second-order valence-corrected chi connectivity index (χ2v) is 7.90. The lowest BCUT2D eigenvalue weighted by Gasteiger charge is -2.21. The van der Waals surface area contributed by atoms with Crippen LogP contribution in [0, 0.1) is 12.7 Å². The monoisotopic (exact) mass is 440 g/mol. The van der Waals surface area contributed by atoms with E-state index in [0.29, 0.717) is 36.1 Å². The van der Waals surface area contributed by atoms with Gasteiger partial charge in [-0.15, -0.1) is 11.3 Å². The number of thiazole rings is 1. The van der Waals surface area contributed by atoms with Crippen LogP contribution in [0.15, 0.2) is 47.9 Å². The number of aryl methyl sites for hydroxylation is 1. The zero-order valence-corrected chi connectivity index (χ0v) is 17.9. The van der Waals surface area contributed by atoms with Crippen LogP contribution in [0.2, 0.25) is 0 Å². The third kappa shape index (κ3) is 4.86. The smallest absolute Gasteiger partial charge is 0.251 e. The van der Waals surface area contributed by atoms with Crippen molar-refractivity contribution in [2.75, 3.05) is 25.2 Å². The molecule has 160 valence electrons. The molecular formula is C23H21FN2O4S. The zero-order chi connectivity index (χ0) is 21.8. The Hall–Kier alpha value is -3.39. The number of benzene rings is 2. The molecule has 0 N–H and O–H groups in total. The van der Waals surface area contributed by atoms with Gasteiger partial charge in [-0.05, 0) is 55.0 Å². The van der Waals surface area contributed by atoms with Crippen molar-refractivity contribution in [2.24, 2.45) is 0 Å². The molecule has 0 bridgehead atoms. The van der Waals surface area contributed by atoms with Gasteiger partial charge in [0, 0.05) is 17.1 Å². The highest BCUT2D eigenvalue weighted by molar-refractivity contribution is 7.09. The van der Waals surface area contributed by atoms with Gasteiger partial charge >= 0.3 is 0 Å². The molecule has 1 aliphatic rings. The molecular weight excluding hydrogens is 419 g/mol. The van der Waals surface area contributed by atoms with Crippen molar-refractivity contribution in [3.8, 4) is 17.2 Å². The van der Waals surface area contributed by atoms with E-state index in [2.05, 4.69) is 4.98 Å². The largest absolute Gasteiger partial charge is 0.493 e. The molecule has 0 spiro atoms. The number of ether oxygens (including phenoxy) is 3. The van der Waals surface area contributed by atoms with Gasteiger partial charge in [0.1, 0.15) is 19.0 Å². The van der Waals surface area contributed by atoms with Crippen LogP contribution in [0.4, 0.5) is 10.1 Å². The number of amides is 1. The predicted molar refractivity (Wildman–Crippen MR) is 117 cm³/mol. The number of rotatable bonds is 6. The molecule has 6 nitrogen and oxygen atoms in total. The van der Waals surface area contributed by atoms with E-state index >= 15 is 0 Å². The average Bonchev–Trinajstić information content (AvgIpc) is 3.20. The summed E-state index contributed by atoms with van der Waals surface area (Å²) in [7, 11) is 1.55. The average molecular weight is 440 g/mol. The quantitative estimate of drug-likeness (QED) is 0.524. The molecule has 3 aromatic rings. The third-order valence-corrected chi connectivity index (χ3v) is 5.48. The van der Waals surface area contributed by atoms with Crippen molar-refractivity contribution in [2.45, 2.75) is 13.5 Å². The third-order valence-electron chi connectivity index (χ3n) is 4.66. The summed E-state index contributed by atoms with van der Waals surface area (Å²) in [5, 5.41) is 2.83. The minimum Gasteiger partial charge on any atom is -0.493 e. The molecule has 0 unspecified atom stereocenters. The highest BCUT2D eigenvalue weighted by Gasteiger charge is 2.19. The summed E-state index contributed by atoms with van der Waals surface area (Å²) >= 11 is 1.52. The Balaban J connectivity index is 1.61. The maximum Gasteiger partial charge on any atom is 0.251 e. The van der Waals surface area contributed by atoms with Gasteiger partial charge in [0.05, 0.1) is 24.4 Å². The predicted octanol–water partition coefficient (Wildman–Crippen LogP) is 4.62. The highest BCUT2D eigenvalue weighted by atomic mass is 32.1. The number of anilines is 1. The van der Waals surface area contributed by atoms with Crippen LogP contribution in [0.5, 0.6) is 17.2 Å². The Morgan fingerprint density at radius 1 is 1.26 bits per heavy atom.